The van der Waals surface area contributed by atoms with Crippen LogP contribution in [-0.2, 0) is 19.4 Å². The topological polar surface area (TPSA) is 84.7 Å². The number of pyridine rings is 1. The predicted octanol–water partition coefficient (Wildman–Crippen LogP) is 2.90. The maximum Gasteiger partial charge on any atom is 0.319 e. The van der Waals surface area contributed by atoms with Gasteiger partial charge < -0.3 is 10.6 Å². The standard InChI is InChI=1S/C20H24N6O/c1-15-23-16(2)26(25-15)14-13-22-20(27)24-19-9-4-3-7-17(19)10-11-18-8-5-6-12-21-18/h3-9,12H,10-11,13-14H2,1-2H3,(H2,22,24,27). The molecule has 7 nitrogen and oxygen atoms in total. The van der Waals surface area contributed by atoms with E-state index >= 15 is 0 Å². The van der Waals surface area contributed by atoms with Crippen molar-refractivity contribution < 1.29 is 4.79 Å². The van der Waals surface area contributed by atoms with Crippen molar-refractivity contribution in [1.29, 1.82) is 0 Å². The highest BCUT2D eigenvalue weighted by molar-refractivity contribution is 5.90. The third-order valence-electron chi connectivity index (χ3n) is 4.21. The van der Waals surface area contributed by atoms with Crippen LogP contribution in [0.2, 0.25) is 0 Å². The summed E-state index contributed by atoms with van der Waals surface area (Å²) in [5, 5.41) is 10.1. The fourth-order valence-corrected chi connectivity index (χ4v) is 2.88. The highest BCUT2D eigenvalue weighted by atomic mass is 16.2. The number of anilines is 1. The van der Waals surface area contributed by atoms with Crippen LogP contribution >= 0.6 is 0 Å². The summed E-state index contributed by atoms with van der Waals surface area (Å²) in [7, 11) is 0. The number of nitrogens with one attached hydrogen (secondary N) is 2. The average Bonchev–Trinajstić information content (AvgIpc) is 2.99. The number of amides is 2. The summed E-state index contributed by atoms with van der Waals surface area (Å²) >= 11 is 0. The zero-order valence-corrected chi connectivity index (χ0v) is 15.6. The van der Waals surface area contributed by atoms with E-state index in [0.717, 1.165) is 41.4 Å². The van der Waals surface area contributed by atoms with Gasteiger partial charge in [0.25, 0.3) is 0 Å². The molecule has 3 aromatic rings. The Bertz CT molecular complexity index is 890. The second-order valence-electron chi connectivity index (χ2n) is 6.29. The number of aromatic nitrogens is 4. The number of nitrogens with zero attached hydrogens (tertiary/aromatic N) is 4. The van der Waals surface area contributed by atoms with Crippen LogP contribution in [0.5, 0.6) is 0 Å². The van der Waals surface area contributed by atoms with E-state index in [1.165, 1.54) is 0 Å². The molecule has 0 saturated carbocycles. The molecule has 0 fully saturated rings. The number of benzene rings is 1. The lowest BCUT2D eigenvalue weighted by Gasteiger charge is -2.12. The van der Waals surface area contributed by atoms with E-state index in [0.29, 0.717) is 13.1 Å². The number of aryl methyl sites for hydroxylation is 4. The minimum Gasteiger partial charge on any atom is -0.336 e. The first kappa shape index (κ1) is 18.6. The zero-order chi connectivity index (χ0) is 19.1. The van der Waals surface area contributed by atoms with Crippen LogP contribution < -0.4 is 10.6 Å². The third kappa shape index (κ3) is 5.37. The van der Waals surface area contributed by atoms with Crippen LogP contribution in [0, 0.1) is 13.8 Å². The van der Waals surface area contributed by atoms with Crippen LogP contribution in [0.4, 0.5) is 10.5 Å². The van der Waals surface area contributed by atoms with E-state index in [-0.39, 0.29) is 6.03 Å². The summed E-state index contributed by atoms with van der Waals surface area (Å²) in [5.41, 5.74) is 2.94. The van der Waals surface area contributed by atoms with Gasteiger partial charge in [0, 0.05) is 24.1 Å². The molecule has 140 valence electrons. The molecule has 0 aliphatic rings. The first-order valence-electron chi connectivity index (χ1n) is 9.02. The normalized spacial score (nSPS) is 10.6. The molecule has 0 saturated heterocycles. The summed E-state index contributed by atoms with van der Waals surface area (Å²) in [6.07, 6.45) is 3.43. The van der Waals surface area contributed by atoms with Crippen molar-refractivity contribution in [2.45, 2.75) is 33.2 Å². The van der Waals surface area contributed by atoms with Gasteiger partial charge in [0.2, 0.25) is 0 Å². The van der Waals surface area contributed by atoms with Gasteiger partial charge in [-0.05, 0) is 50.5 Å². The van der Waals surface area contributed by atoms with Crippen molar-refractivity contribution in [2.75, 3.05) is 11.9 Å². The monoisotopic (exact) mass is 364 g/mol. The Morgan fingerprint density at radius 3 is 2.63 bits per heavy atom. The van der Waals surface area contributed by atoms with Crippen LogP contribution in [0.3, 0.4) is 0 Å². The number of carbonyl (C=O) groups is 1. The highest BCUT2D eigenvalue weighted by Crippen LogP contribution is 2.17. The average molecular weight is 364 g/mol. The molecule has 27 heavy (non-hydrogen) atoms. The molecule has 0 aliphatic carbocycles. The Hall–Kier alpha value is -3.22. The van der Waals surface area contributed by atoms with Crippen molar-refractivity contribution in [3.8, 4) is 0 Å². The van der Waals surface area contributed by atoms with Crippen LogP contribution in [-0.4, -0.2) is 32.3 Å². The number of carbonyl (C=O) groups excluding carboxylic acids is 1. The summed E-state index contributed by atoms with van der Waals surface area (Å²) < 4.78 is 1.79. The Kier molecular flexibility index (Phi) is 6.14. The Morgan fingerprint density at radius 1 is 1.07 bits per heavy atom. The Morgan fingerprint density at radius 2 is 1.89 bits per heavy atom. The third-order valence-corrected chi connectivity index (χ3v) is 4.21. The lowest BCUT2D eigenvalue weighted by molar-refractivity contribution is 0.251. The minimum absolute atomic E-state index is 0.227. The molecule has 0 unspecified atom stereocenters. The van der Waals surface area contributed by atoms with Crippen molar-refractivity contribution in [1.82, 2.24) is 25.1 Å². The molecule has 7 heteroatoms. The lowest BCUT2D eigenvalue weighted by atomic mass is 10.1. The van der Waals surface area contributed by atoms with E-state index in [2.05, 4.69) is 25.7 Å². The molecule has 1 aromatic carbocycles. The van der Waals surface area contributed by atoms with Gasteiger partial charge in [0.05, 0.1) is 6.54 Å². The molecule has 2 aromatic heterocycles. The Balaban J connectivity index is 1.52. The first-order valence-corrected chi connectivity index (χ1v) is 9.02. The fourth-order valence-electron chi connectivity index (χ4n) is 2.88. The minimum atomic E-state index is -0.227. The molecule has 0 aliphatic heterocycles. The van der Waals surface area contributed by atoms with Gasteiger partial charge in [-0.2, -0.15) is 5.10 Å². The molecule has 2 amide bonds. The van der Waals surface area contributed by atoms with E-state index in [9.17, 15) is 4.79 Å². The maximum absolute atomic E-state index is 12.2. The Labute approximate surface area is 158 Å². The molecule has 0 radical (unpaired) electrons. The largest absolute Gasteiger partial charge is 0.336 e. The van der Waals surface area contributed by atoms with Crippen LogP contribution in [0.15, 0.2) is 48.7 Å². The molecule has 0 bridgehead atoms. The number of para-hydroxylation sites is 1. The molecule has 2 N–H and O–H groups in total. The van der Waals surface area contributed by atoms with Gasteiger partial charge in [0.1, 0.15) is 11.6 Å². The molecule has 3 rings (SSSR count). The smallest absolute Gasteiger partial charge is 0.319 e. The maximum atomic E-state index is 12.2. The summed E-state index contributed by atoms with van der Waals surface area (Å²) in [6, 6.07) is 13.5. The number of hydrogen-bond acceptors (Lipinski definition) is 4. The van der Waals surface area contributed by atoms with Gasteiger partial charge in [-0.15, -0.1) is 0 Å². The van der Waals surface area contributed by atoms with Gasteiger partial charge in [-0.1, -0.05) is 24.3 Å². The van der Waals surface area contributed by atoms with E-state index in [1.54, 1.807) is 10.9 Å². The number of rotatable bonds is 7. The van der Waals surface area contributed by atoms with E-state index in [4.69, 9.17) is 0 Å². The van der Waals surface area contributed by atoms with Crippen LogP contribution in [0.25, 0.3) is 0 Å². The highest BCUT2D eigenvalue weighted by Gasteiger charge is 2.08. The molecule has 0 spiro atoms. The van der Waals surface area contributed by atoms with Crippen molar-refractivity contribution in [3.63, 3.8) is 0 Å². The number of urea groups is 1. The molecular formula is C20H24N6O. The van der Waals surface area contributed by atoms with Crippen molar-refractivity contribution in [3.05, 3.63) is 71.6 Å². The quantitative estimate of drug-likeness (QED) is 0.675. The molecule has 0 atom stereocenters. The second-order valence-corrected chi connectivity index (χ2v) is 6.29. The van der Waals surface area contributed by atoms with E-state index in [1.807, 2.05) is 56.3 Å². The number of hydrogen-bond donors (Lipinski definition) is 2. The zero-order valence-electron chi connectivity index (χ0n) is 15.6. The summed E-state index contributed by atoms with van der Waals surface area (Å²) in [4.78, 5) is 20.8. The fraction of sp³-hybridized carbons (Fsp3) is 0.300. The van der Waals surface area contributed by atoms with Gasteiger partial charge in [0.15, 0.2) is 0 Å². The molecular weight excluding hydrogens is 340 g/mol. The van der Waals surface area contributed by atoms with E-state index < -0.39 is 0 Å². The first-order chi connectivity index (χ1) is 13.1. The second kappa shape index (κ2) is 8.93. The SMILES string of the molecule is Cc1nc(C)n(CCNC(=O)Nc2ccccc2CCc2ccccn2)n1. The summed E-state index contributed by atoms with van der Waals surface area (Å²) in [5.74, 6) is 1.58. The molecule has 2 heterocycles. The predicted molar refractivity (Wildman–Crippen MR) is 105 cm³/mol. The van der Waals surface area contributed by atoms with Gasteiger partial charge in [-0.3, -0.25) is 4.98 Å². The van der Waals surface area contributed by atoms with Gasteiger partial charge in [-0.25, -0.2) is 14.5 Å². The van der Waals surface area contributed by atoms with Crippen LogP contribution in [0.1, 0.15) is 22.9 Å². The lowest BCUT2D eigenvalue weighted by Crippen LogP contribution is -2.32. The van der Waals surface area contributed by atoms with Crippen molar-refractivity contribution in [2.24, 2.45) is 0 Å². The van der Waals surface area contributed by atoms with Gasteiger partial charge >= 0.3 is 6.03 Å². The summed E-state index contributed by atoms with van der Waals surface area (Å²) in [6.45, 7) is 4.82. The van der Waals surface area contributed by atoms with Crippen molar-refractivity contribution >= 4 is 11.7 Å².